The molecule has 0 rings (SSSR count). The predicted molar refractivity (Wildman–Crippen MR) is 21.9 cm³/mol. The number of quaternary nitrogens is 1. The standard InChI is InChI=1S/CH2O3.H3NO.H3N/c2-1(3)4;1-2;/h(H2,2,3,4);1H3;1H3. The van der Waals surface area contributed by atoms with Crippen molar-refractivity contribution in [2.75, 3.05) is 0 Å². The van der Waals surface area contributed by atoms with Gasteiger partial charge in [0.15, 0.2) is 0 Å². The van der Waals surface area contributed by atoms with Crippen molar-refractivity contribution in [1.29, 1.82) is 0 Å². The summed E-state index contributed by atoms with van der Waals surface area (Å²) in [6.07, 6.45) is -1.83. The average molecular weight is 112 g/mol. The minimum atomic E-state index is -1.83. The van der Waals surface area contributed by atoms with E-state index in [-0.39, 0.29) is 6.15 Å². The molecule has 0 atom stereocenters. The number of carboxylic acid groups (broad SMARTS) is 2. The van der Waals surface area contributed by atoms with Gasteiger partial charge in [0.05, 0.1) is 0 Å². The van der Waals surface area contributed by atoms with E-state index in [0.717, 1.165) is 0 Å². The Labute approximate surface area is 39.7 Å². The van der Waals surface area contributed by atoms with Gasteiger partial charge in [-0.3, -0.25) is 0 Å². The molecule has 0 spiro atoms. The first-order chi connectivity index (χ1) is 2.73. The molecule has 0 aromatic rings. The highest BCUT2D eigenvalue weighted by molar-refractivity contribution is 5.53. The lowest BCUT2D eigenvalue weighted by molar-refractivity contribution is -0.275. The normalized spacial score (nSPS) is 4.29. The fraction of sp³-hybridized carbons (Fsp3) is 0. The van der Waals surface area contributed by atoms with Crippen LogP contribution >= 0.6 is 0 Å². The molecule has 0 bridgehead atoms. The van der Waals surface area contributed by atoms with Crippen molar-refractivity contribution in [3.05, 3.63) is 5.21 Å². The van der Waals surface area contributed by atoms with Gasteiger partial charge in [-0.2, -0.15) is 0 Å². The third-order valence-electron chi connectivity index (χ3n) is 0. The van der Waals surface area contributed by atoms with Crippen molar-refractivity contribution >= 4 is 6.16 Å². The van der Waals surface area contributed by atoms with Crippen molar-refractivity contribution in [3.8, 4) is 0 Å². The van der Waals surface area contributed by atoms with Gasteiger partial charge in [-0.05, 0) is 0 Å². The first kappa shape index (κ1) is 16.4. The second kappa shape index (κ2) is 19.2. The summed E-state index contributed by atoms with van der Waals surface area (Å²) in [5, 5.41) is 21.9. The van der Waals surface area contributed by atoms with Crippen LogP contribution in [0.15, 0.2) is 0 Å². The minimum Gasteiger partial charge on any atom is -0.637 e. The van der Waals surface area contributed by atoms with Gasteiger partial charge >= 0.3 is 6.16 Å². The quantitative estimate of drug-likeness (QED) is 0.300. The molecule has 0 aliphatic rings. The largest absolute Gasteiger partial charge is 0.637 e. The van der Waals surface area contributed by atoms with Gasteiger partial charge in [-0.25, -0.2) is 4.79 Å². The smallest absolute Gasteiger partial charge is 0.503 e. The minimum absolute atomic E-state index is 0. The Hall–Kier alpha value is -0.850. The summed E-state index contributed by atoms with van der Waals surface area (Å²) in [6, 6.07) is 0. The lowest BCUT2D eigenvalue weighted by atomic mass is 11.5. The average Bonchev–Trinajstić information content (AvgIpc) is 1.41. The molecule has 0 unspecified atom stereocenters. The fourth-order valence-electron chi connectivity index (χ4n) is 0. The summed E-state index contributed by atoms with van der Waals surface area (Å²) < 4.78 is 0. The van der Waals surface area contributed by atoms with Crippen LogP contribution in [0.5, 0.6) is 0 Å². The van der Waals surface area contributed by atoms with Crippen LogP contribution in [-0.4, -0.2) is 16.4 Å². The Balaban J connectivity index is -0.0000000480. The van der Waals surface area contributed by atoms with Crippen molar-refractivity contribution in [3.63, 3.8) is 0 Å². The zero-order chi connectivity index (χ0) is 5.58. The van der Waals surface area contributed by atoms with Gasteiger partial charge in [-0.15, -0.1) is 0 Å². The molecule has 0 saturated heterocycles. The van der Waals surface area contributed by atoms with E-state index in [1.54, 1.807) is 0 Å². The Morgan fingerprint density at radius 1 is 1.43 bits per heavy atom. The van der Waals surface area contributed by atoms with Crippen LogP contribution in [0.3, 0.4) is 0 Å². The molecule has 0 saturated carbocycles. The van der Waals surface area contributed by atoms with Crippen molar-refractivity contribution in [1.82, 2.24) is 6.15 Å². The van der Waals surface area contributed by atoms with Crippen LogP contribution in [0.25, 0.3) is 0 Å². The van der Waals surface area contributed by atoms with E-state index >= 15 is 0 Å². The maximum absolute atomic E-state index is 8.56. The molecule has 0 fully saturated rings. The highest BCUT2D eigenvalue weighted by Gasteiger charge is 1.70. The zero-order valence-electron chi connectivity index (χ0n) is 3.63. The number of carbonyl (C=O) groups is 1. The maximum Gasteiger partial charge on any atom is 0.503 e. The van der Waals surface area contributed by atoms with Crippen molar-refractivity contribution < 1.29 is 20.9 Å². The summed E-state index contributed by atoms with van der Waals surface area (Å²) in [4.78, 5) is 8.56. The van der Waals surface area contributed by atoms with E-state index in [1.807, 2.05) is 5.90 Å². The Bertz CT molecular complexity index is 32.7. The molecule has 0 radical (unpaired) electrons. The maximum atomic E-state index is 8.56. The Morgan fingerprint density at radius 3 is 1.43 bits per heavy atom. The highest BCUT2D eigenvalue weighted by atomic mass is 16.6. The molecule has 6 heteroatoms. The summed E-state index contributed by atoms with van der Waals surface area (Å²) in [5.74, 6) is 2.00. The molecule has 0 amide bonds. The first-order valence-corrected chi connectivity index (χ1v) is 0.940. The molecule has 6 nitrogen and oxygen atoms in total. The lowest BCUT2D eigenvalue weighted by Crippen LogP contribution is -2.37. The topological polar surface area (TPSA) is 143 Å². The third-order valence-corrected chi connectivity index (χ3v) is 0. The molecular formula is CH8N2O4. The molecular weight excluding hydrogens is 104 g/mol. The van der Waals surface area contributed by atoms with Crippen molar-refractivity contribution in [2.45, 2.75) is 0 Å². The third kappa shape index (κ3) is 70.7. The van der Waals surface area contributed by atoms with E-state index in [9.17, 15) is 0 Å². The number of rotatable bonds is 0. The van der Waals surface area contributed by atoms with Crippen LogP contribution in [0.2, 0.25) is 0 Å². The second-order valence-electron chi connectivity index (χ2n) is 0.283. The highest BCUT2D eigenvalue weighted by Crippen LogP contribution is 1.42. The van der Waals surface area contributed by atoms with E-state index in [1.165, 1.54) is 0 Å². The van der Waals surface area contributed by atoms with E-state index in [4.69, 9.17) is 20.2 Å². The predicted octanol–water partition coefficient (Wildman–Crippen LogP) is -0.889. The molecule has 0 aliphatic carbocycles. The monoisotopic (exact) mass is 112 g/mol. The molecule has 7 heavy (non-hydrogen) atoms. The molecule has 46 valence electrons. The second-order valence-corrected chi connectivity index (χ2v) is 0.283. The SMILES string of the molecule is N.O=C(O)O.[NH3+][O-]. The van der Waals surface area contributed by atoms with Crippen LogP contribution in [0, 0.1) is 5.21 Å². The number of hydrogen-bond acceptors (Lipinski definition) is 3. The Morgan fingerprint density at radius 2 is 1.43 bits per heavy atom. The van der Waals surface area contributed by atoms with E-state index in [0.29, 0.717) is 0 Å². The van der Waals surface area contributed by atoms with Crippen molar-refractivity contribution in [2.24, 2.45) is 0 Å². The molecule has 0 aromatic heterocycles. The molecule has 0 aliphatic heterocycles. The lowest BCUT2D eigenvalue weighted by Gasteiger charge is -1.60. The van der Waals surface area contributed by atoms with Crippen LogP contribution in [0.1, 0.15) is 0 Å². The van der Waals surface area contributed by atoms with Gasteiger partial charge in [-0.1, -0.05) is 0 Å². The van der Waals surface area contributed by atoms with Crippen LogP contribution < -0.4 is 12.0 Å². The van der Waals surface area contributed by atoms with Gasteiger partial charge in [0.25, 0.3) is 0 Å². The molecule has 0 heterocycles. The zero-order valence-corrected chi connectivity index (χ0v) is 3.63. The summed E-state index contributed by atoms with van der Waals surface area (Å²) >= 11 is 0. The molecule has 0 aromatic carbocycles. The van der Waals surface area contributed by atoms with E-state index < -0.39 is 6.16 Å². The van der Waals surface area contributed by atoms with Gasteiger partial charge < -0.3 is 27.5 Å². The first-order valence-electron chi connectivity index (χ1n) is 0.940. The summed E-state index contributed by atoms with van der Waals surface area (Å²) in [5.41, 5.74) is 0. The number of hydrogen-bond donors (Lipinski definition) is 4. The van der Waals surface area contributed by atoms with Crippen LogP contribution in [0.4, 0.5) is 4.79 Å². The summed E-state index contributed by atoms with van der Waals surface area (Å²) in [7, 11) is 0. The molecule has 8 N–H and O–H groups in total. The summed E-state index contributed by atoms with van der Waals surface area (Å²) in [6.45, 7) is 0. The van der Waals surface area contributed by atoms with Gasteiger partial charge in [0.2, 0.25) is 0 Å². The van der Waals surface area contributed by atoms with Crippen LogP contribution in [-0.2, 0) is 0 Å². The van der Waals surface area contributed by atoms with E-state index in [2.05, 4.69) is 0 Å². The van der Waals surface area contributed by atoms with Gasteiger partial charge in [0.1, 0.15) is 0 Å². The fourth-order valence-corrected chi connectivity index (χ4v) is 0. The van der Waals surface area contributed by atoms with Gasteiger partial charge in [0, 0.05) is 0 Å². The Kier molecular flexibility index (Phi) is 45.1.